The van der Waals surface area contributed by atoms with Crippen LogP contribution >= 0.6 is 0 Å². The Morgan fingerprint density at radius 3 is 2.32 bits per heavy atom. The Kier molecular flexibility index (Phi) is 8.85. The average Bonchev–Trinajstić information content (AvgIpc) is 3.23. The van der Waals surface area contributed by atoms with Crippen LogP contribution in [0.3, 0.4) is 0 Å². The number of nitrogens with two attached hydrogens (primary N) is 1. The summed E-state index contributed by atoms with van der Waals surface area (Å²) in [6.07, 6.45) is -0.304. The fourth-order valence-electron chi connectivity index (χ4n) is 3.70. The molecule has 0 radical (unpaired) electrons. The van der Waals surface area contributed by atoms with Crippen molar-refractivity contribution in [2.24, 2.45) is 12.8 Å². The summed E-state index contributed by atoms with van der Waals surface area (Å²) in [6.45, 7) is 1.08. The largest absolute Gasteiger partial charge is 0.490 e. The molecule has 0 atom stereocenters. The minimum Gasteiger partial charge on any atom is -0.475 e. The van der Waals surface area contributed by atoms with Gasteiger partial charge in [-0.25, -0.2) is 9.36 Å². The highest BCUT2D eigenvalue weighted by Gasteiger charge is 2.38. The van der Waals surface area contributed by atoms with Gasteiger partial charge in [0.05, 0.1) is 0 Å². The Morgan fingerprint density at radius 1 is 1.03 bits per heavy atom. The lowest BCUT2D eigenvalue weighted by Crippen LogP contribution is -2.29. The molecular weight excluding hydrogens is 499 g/mol. The van der Waals surface area contributed by atoms with Gasteiger partial charge in [-0.05, 0) is 35.7 Å². The molecule has 0 saturated heterocycles. The summed E-state index contributed by atoms with van der Waals surface area (Å²) >= 11 is 0. The van der Waals surface area contributed by atoms with Gasteiger partial charge >= 0.3 is 12.1 Å². The minimum absolute atomic E-state index is 0.0340. The normalized spacial score (nSPS) is 10.9. The second-order valence-electron chi connectivity index (χ2n) is 8.47. The van der Waals surface area contributed by atoms with Gasteiger partial charge in [0.25, 0.3) is 5.91 Å². The van der Waals surface area contributed by atoms with Crippen molar-refractivity contribution >= 4 is 28.6 Å². The molecule has 0 spiro atoms. The van der Waals surface area contributed by atoms with E-state index >= 15 is 0 Å². The summed E-state index contributed by atoms with van der Waals surface area (Å²) in [6, 6.07) is 21.6. The van der Waals surface area contributed by atoms with Crippen molar-refractivity contribution in [3.05, 3.63) is 102 Å². The molecule has 0 fully saturated rings. The monoisotopic (exact) mass is 526 g/mol. The molecule has 4 rings (SSSR count). The lowest BCUT2D eigenvalue weighted by Gasteiger charge is -2.12. The molecule has 5 N–H and O–H groups in total. The number of nitrogens with zero attached hydrogens (tertiary/aromatic N) is 2. The zero-order chi connectivity index (χ0) is 27.9. The SMILES string of the molecule is C[n+]1ccc(CCNC(=O)c2cc3ccccc3n2Cc2cccc(C(=N)N)c2)cc1.O=C(O)C(F)(F)F. The van der Waals surface area contributed by atoms with Crippen LogP contribution in [0.2, 0.25) is 0 Å². The second-order valence-corrected chi connectivity index (χ2v) is 8.47. The number of aliphatic carboxylic acids is 1. The van der Waals surface area contributed by atoms with Crippen molar-refractivity contribution in [2.75, 3.05) is 6.54 Å². The minimum atomic E-state index is -5.08. The number of nitrogens with one attached hydrogen (secondary N) is 2. The fraction of sp³-hybridized carbons (Fsp3) is 0.185. The highest BCUT2D eigenvalue weighted by atomic mass is 19.4. The summed E-state index contributed by atoms with van der Waals surface area (Å²) < 4.78 is 35.7. The average molecular weight is 527 g/mol. The number of hydrogen-bond donors (Lipinski definition) is 4. The van der Waals surface area contributed by atoms with Gasteiger partial charge in [-0.15, -0.1) is 0 Å². The number of rotatable bonds is 7. The molecule has 11 heteroatoms. The molecule has 0 aliphatic heterocycles. The van der Waals surface area contributed by atoms with Gasteiger partial charge < -0.3 is 20.7 Å². The summed E-state index contributed by atoms with van der Waals surface area (Å²) in [5.41, 5.74) is 10.1. The number of benzene rings is 2. The predicted molar refractivity (Wildman–Crippen MR) is 136 cm³/mol. The van der Waals surface area contributed by atoms with Crippen LogP contribution in [0.4, 0.5) is 13.2 Å². The van der Waals surface area contributed by atoms with Crippen molar-refractivity contribution in [1.82, 2.24) is 9.88 Å². The summed E-state index contributed by atoms with van der Waals surface area (Å²) in [5.74, 6) is -2.82. The highest BCUT2D eigenvalue weighted by Crippen LogP contribution is 2.22. The topological polar surface area (TPSA) is 125 Å². The number of hydrogen-bond acceptors (Lipinski definition) is 3. The number of amides is 1. The van der Waals surface area contributed by atoms with E-state index in [1.165, 1.54) is 5.56 Å². The number of alkyl halides is 3. The molecule has 0 unspecified atom stereocenters. The number of carbonyl (C=O) groups is 2. The van der Waals surface area contributed by atoms with Crippen molar-refractivity contribution in [1.29, 1.82) is 5.41 Å². The molecule has 4 aromatic rings. The van der Waals surface area contributed by atoms with Gasteiger partial charge in [0.15, 0.2) is 12.4 Å². The van der Waals surface area contributed by atoms with Crippen LogP contribution < -0.4 is 15.6 Å². The molecule has 0 bridgehead atoms. The van der Waals surface area contributed by atoms with Gasteiger partial charge in [0.2, 0.25) is 0 Å². The molecule has 1 amide bonds. The Hall–Kier alpha value is -4.67. The third-order valence-electron chi connectivity index (χ3n) is 5.61. The van der Waals surface area contributed by atoms with E-state index in [9.17, 15) is 18.0 Å². The number of para-hydroxylation sites is 1. The highest BCUT2D eigenvalue weighted by molar-refractivity contribution is 5.99. The van der Waals surface area contributed by atoms with E-state index in [0.717, 1.165) is 22.9 Å². The lowest BCUT2D eigenvalue weighted by atomic mass is 10.1. The molecule has 0 aliphatic rings. The van der Waals surface area contributed by atoms with E-state index in [1.54, 1.807) is 0 Å². The number of pyridine rings is 1. The maximum atomic E-state index is 13.1. The maximum Gasteiger partial charge on any atom is 0.490 e. The summed E-state index contributed by atoms with van der Waals surface area (Å²) in [5, 5.41) is 18.9. The first-order valence-electron chi connectivity index (χ1n) is 11.5. The van der Waals surface area contributed by atoms with E-state index in [4.69, 9.17) is 21.0 Å². The van der Waals surface area contributed by atoms with E-state index in [0.29, 0.717) is 24.3 Å². The molecule has 0 saturated carbocycles. The number of aromatic nitrogens is 2. The molecule has 2 heterocycles. The summed E-state index contributed by atoms with van der Waals surface area (Å²) in [4.78, 5) is 22.0. The quantitative estimate of drug-likeness (QED) is 0.167. The van der Waals surface area contributed by atoms with Crippen molar-refractivity contribution < 1.29 is 32.4 Å². The van der Waals surface area contributed by atoms with E-state index in [-0.39, 0.29) is 11.7 Å². The predicted octanol–water partition coefficient (Wildman–Crippen LogP) is 3.40. The number of amidine groups is 1. The fourth-order valence-corrected chi connectivity index (χ4v) is 3.70. The Morgan fingerprint density at radius 2 is 1.68 bits per heavy atom. The number of fused-ring (bicyclic) bond motifs is 1. The van der Waals surface area contributed by atoms with Gasteiger partial charge in [-0.3, -0.25) is 10.2 Å². The van der Waals surface area contributed by atoms with Crippen LogP contribution in [0, 0.1) is 5.41 Å². The van der Waals surface area contributed by atoms with E-state index in [2.05, 4.69) is 17.4 Å². The molecule has 2 aromatic heterocycles. The van der Waals surface area contributed by atoms with Gasteiger partial charge in [-0.1, -0.05) is 36.4 Å². The Labute approximate surface area is 216 Å². The zero-order valence-electron chi connectivity index (χ0n) is 20.5. The van der Waals surface area contributed by atoms with Crippen LogP contribution in [-0.4, -0.2) is 40.1 Å². The second kappa shape index (κ2) is 12.0. The third kappa shape index (κ3) is 7.42. The molecule has 8 nitrogen and oxygen atoms in total. The molecule has 0 aliphatic carbocycles. The number of carbonyl (C=O) groups excluding carboxylic acids is 1. The van der Waals surface area contributed by atoms with Crippen LogP contribution in [0.5, 0.6) is 0 Å². The first kappa shape index (κ1) is 27.9. The zero-order valence-corrected chi connectivity index (χ0v) is 20.5. The third-order valence-corrected chi connectivity index (χ3v) is 5.61. The number of halogens is 3. The van der Waals surface area contributed by atoms with Crippen LogP contribution in [0.15, 0.2) is 79.1 Å². The van der Waals surface area contributed by atoms with E-state index < -0.39 is 12.1 Å². The number of nitrogen functional groups attached to an aromatic ring is 1. The molecular formula is C27H27F3N5O3+. The number of aryl methyl sites for hydroxylation is 1. The van der Waals surface area contributed by atoms with Crippen LogP contribution in [0.25, 0.3) is 10.9 Å². The number of carboxylic acid groups (broad SMARTS) is 1. The lowest BCUT2D eigenvalue weighted by molar-refractivity contribution is -0.671. The van der Waals surface area contributed by atoms with Crippen molar-refractivity contribution in [2.45, 2.75) is 19.1 Å². The van der Waals surface area contributed by atoms with E-state index in [1.807, 2.05) is 83.2 Å². The first-order valence-corrected chi connectivity index (χ1v) is 11.5. The van der Waals surface area contributed by atoms with Gasteiger partial charge in [-0.2, -0.15) is 13.2 Å². The standard InChI is InChI=1S/C25H25N5O.C2HF3O2/c1-29-13-10-18(11-14-29)9-12-28-25(31)23-16-20-6-2-3-8-22(20)30(23)17-19-5-4-7-21(15-19)24(26)27;3-2(4,5)1(6)7/h2-8,10-11,13-16H,9,12,17H2,1H3,(H3-,26,27,28,31);(H,6,7)/p+1. The smallest absolute Gasteiger partial charge is 0.475 e. The van der Waals surface area contributed by atoms with Crippen LogP contribution in [-0.2, 0) is 24.8 Å². The number of carboxylic acids is 1. The van der Waals surface area contributed by atoms with Crippen molar-refractivity contribution in [3.8, 4) is 0 Å². The van der Waals surface area contributed by atoms with Crippen LogP contribution in [0.1, 0.15) is 27.2 Å². The molecule has 2 aromatic carbocycles. The molecule has 38 heavy (non-hydrogen) atoms. The van der Waals surface area contributed by atoms with Gasteiger partial charge in [0, 0.05) is 41.7 Å². The maximum absolute atomic E-state index is 13.1. The van der Waals surface area contributed by atoms with Crippen molar-refractivity contribution in [3.63, 3.8) is 0 Å². The Balaban J connectivity index is 0.000000505. The van der Waals surface area contributed by atoms with Gasteiger partial charge in [0.1, 0.15) is 18.6 Å². The molecule has 198 valence electrons. The Bertz CT molecular complexity index is 1450. The summed E-state index contributed by atoms with van der Waals surface area (Å²) in [7, 11) is 1.98. The first-order chi connectivity index (χ1) is 18.0.